The molecule has 0 spiro atoms. The molecule has 2 heterocycles. The molecule has 1 aromatic heterocycles. The van der Waals surface area contributed by atoms with Crippen molar-refractivity contribution in [2.24, 2.45) is 12.8 Å². The van der Waals surface area contributed by atoms with Crippen LogP contribution in [0.15, 0.2) is 54.4 Å². The van der Waals surface area contributed by atoms with Crippen molar-refractivity contribution in [3.63, 3.8) is 0 Å². The van der Waals surface area contributed by atoms with Crippen LogP contribution < -0.4 is 5.73 Å². The maximum absolute atomic E-state index is 13.4. The smallest absolute Gasteiger partial charge is 0.256 e. The summed E-state index contributed by atoms with van der Waals surface area (Å²) in [5, 5.41) is 8.44. The van der Waals surface area contributed by atoms with Crippen molar-refractivity contribution in [3.05, 3.63) is 65.5 Å². The van der Waals surface area contributed by atoms with Crippen molar-refractivity contribution in [2.75, 3.05) is 6.54 Å². The Morgan fingerprint density at radius 1 is 1.32 bits per heavy atom. The molecule has 3 rings (SSSR count). The van der Waals surface area contributed by atoms with E-state index in [0.717, 1.165) is 41.4 Å². The molecule has 28 heavy (non-hydrogen) atoms. The molecule has 1 aliphatic heterocycles. The summed E-state index contributed by atoms with van der Waals surface area (Å²) in [5.41, 5.74) is 10.0. The number of amides is 1. The van der Waals surface area contributed by atoms with E-state index in [-0.39, 0.29) is 11.9 Å². The third-order valence-corrected chi connectivity index (χ3v) is 5.48. The van der Waals surface area contributed by atoms with Crippen LogP contribution >= 0.6 is 0 Å². The van der Waals surface area contributed by atoms with Gasteiger partial charge in [0.2, 0.25) is 0 Å². The Hall–Kier alpha value is -3.08. The molecule has 5 nitrogen and oxygen atoms in total. The maximum Gasteiger partial charge on any atom is 0.256 e. The Balaban J connectivity index is 2.01. The third kappa shape index (κ3) is 3.40. The number of nitrogens with zero attached hydrogens (tertiary/aromatic N) is 2. The molecule has 0 bridgehead atoms. The zero-order valence-corrected chi connectivity index (χ0v) is 16.8. The normalized spacial score (nSPS) is 18.4. The van der Waals surface area contributed by atoms with Crippen molar-refractivity contribution in [1.82, 2.24) is 9.47 Å². The molecule has 1 aliphatic rings. The van der Waals surface area contributed by atoms with Gasteiger partial charge in [0.1, 0.15) is 0 Å². The molecule has 1 amide bonds. The fraction of sp³-hybridized carbons (Fsp3) is 0.304. The molecule has 146 valence electrons. The predicted molar refractivity (Wildman–Crippen MR) is 116 cm³/mol. The van der Waals surface area contributed by atoms with Gasteiger partial charge in [-0.05, 0) is 43.9 Å². The van der Waals surface area contributed by atoms with Gasteiger partial charge in [0.25, 0.3) is 5.91 Å². The highest BCUT2D eigenvalue weighted by Crippen LogP contribution is 2.30. The number of benzene rings is 1. The van der Waals surface area contributed by atoms with E-state index >= 15 is 0 Å². The van der Waals surface area contributed by atoms with Crippen LogP contribution in [0.5, 0.6) is 0 Å². The summed E-state index contributed by atoms with van der Waals surface area (Å²) in [5.74, 6) is 0.0753. The number of aryl methyl sites for hydroxylation is 1. The largest absolute Gasteiger partial charge is 0.404 e. The minimum Gasteiger partial charge on any atom is -0.404 e. The molecule has 0 aliphatic carbocycles. The highest BCUT2D eigenvalue weighted by atomic mass is 16.2. The molecule has 1 unspecified atom stereocenters. The Morgan fingerprint density at radius 2 is 2.11 bits per heavy atom. The van der Waals surface area contributed by atoms with Gasteiger partial charge in [-0.2, -0.15) is 0 Å². The first-order valence-electron chi connectivity index (χ1n) is 9.67. The number of carbonyl (C=O) groups excluding carboxylic acids is 1. The summed E-state index contributed by atoms with van der Waals surface area (Å²) < 4.78 is 1.97. The summed E-state index contributed by atoms with van der Waals surface area (Å²) >= 11 is 0. The number of nitrogens with two attached hydrogens (primary N) is 1. The van der Waals surface area contributed by atoms with Gasteiger partial charge in [-0.3, -0.25) is 4.79 Å². The van der Waals surface area contributed by atoms with E-state index in [0.29, 0.717) is 5.57 Å². The highest BCUT2D eigenvalue weighted by molar-refractivity contribution is 6.11. The first-order chi connectivity index (χ1) is 13.5. The van der Waals surface area contributed by atoms with Gasteiger partial charge in [-0.25, -0.2) is 0 Å². The molecule has 1 atom stereocenters. The second kappa shape index (κ2) is 8.30. The van der Waals surface area contributed by atoms with Crippen LogP contribution in [0.3, 0.4) is 0 Å². The zero-order chi connectivity index (χ0) is 20.3. The van der Waals surface area contributed by atoms with Crippen LogP contribution in [0.1, 0.15) is 42.6 Å². The minimum absolute atomic E-state index is 0.0753. The number of fused-ring (bicyclic) bond motifs is 1. The number of rotatable bonds is 5. The van der Waals surface area contributed by atoms with E-state index in [4.69, 9.17) is 11.1 Å². The Bertz CT molecular complexity index is 993. The van der Waals surface area contributed by atoms with E-state index in [1.165, 1.54) is 18.0 Å². The van der Waals surface area contributed by atoms with Gasteiger partial charge in [0, 0.05) is 48.7 Å². The lowest BCUT2D eigenvalue weighted by molar-refractivity contribution is 0.0759. The van der Waals surface area contributed by atoms with E-state index in [1.807, 2.05) is 60.8 Å². The minimum atomic E-state index is 0.0753. The average Bonchev–Trinajstić information content (AvgIpc) is 3.32. The number of aromatic nitrogens is 1. The van der Waals surface area contributed by atoms with E-state index in [1.54, 1.807) is 0 Å². The van der Waals surface area contributed by atoms with Crippen LogP contribution in [-0.4, -0.2) is 34.2 Å². The molecule has 2 aromatic rings. The summed E-state index contributed by atoms with van der Waals surface area (Å²) in [4.78, 5) is 15.4. The molecule has 0 saturated carbocycles. The number of nitrogens with one attached hydrogen (secondary N) is 1. The number of likely N-dealkylation sites (tertiary alicyclic amines) is 1. The summed E-state index contributed by atoms with van der Waals surface area (Å²) in [7, 11) is 1.94. The highest BCUT2D eigenvalue weighted by Gasteiger charge is 2.32. The van der Waals surface area contributed by atoms with Gasteiger partial charge < -0.3 is 20.6 Å². The quantitative estimate of drug-likeness (QED) is 0.604. The number of hydrogen-bond acceptors (Lipinski definition) is 3. The first kappa shape index (κ1) is 19.7. The topological polar surface area (TPSA) is 75.1 Å². The molecule has 0 radical (unpaired) electrons. The van der Waals surface area contributed by atoms with E-state index in [2.05, 4.69) is 12.2 Å². The lowest BCUT2D eigenvalue weighted by Gasteiger charge is -2.25. The lowest BCUT2D eigenvalue weighted by Crippen LogP contribution is -2.36. The number of carbonyl (C=O) groups is 1. The van der Waals surface area contributed by atoms with Crippen molar-refractivity contribution >= 4 is 28.6 Å². The lowest BCUT2D eigenvalue weighted by atomic mass is 10.0. The summed E-state index contributed by atoms with van der Waals surface area (Å²) in [6.45, 7) is 4.81. The van der Waals surface area contributed by atoms with Gasteiger partial charge in [-0.15, -0.1) is 0 Å². The van der Waals surface area contributed by atoms with Crippen molar-refractivity contribution in [3.8, 4) is 0 Å². The van der Waals surface area contributed by atoms with Gasteiger partial charge >= 0.3 is 0 Å². The molecule has 1 saturated heterocycles. The maximum atomic E-state index is 13.4. The van der Waals surface area contributed by atoms with Crippen molar-refractivity contribution < 1.29 is 4.79 Å². The van der Waals surface area contributed by atoms with E-state index in [9.17, 15) is 4.79 Å². The van der Waals surface area contributed by atoms with Crippen LogP contribution in [0.2, 0.25) is 0 Å². The Morgan fingerprint density at radius 3 is 2.75 bits per heavy atom. The molecular weight excluding hydrogens is 348 g/mol. The van der Waals surface area contributed by atoms with E-state index < -0.39 is 0 Å². The average molecular weight is 377 g/mol. The zero-order valence-electron chi connectivity index (χ0n) is 16.8. The van der Waals surface area contributed by atoms with Gasteiger partial charge in [0.05, 0.1) is 11.6 Å². The third-order valence-electron chi connectivity index (χ3n) is 5.48. The fourth-order valence-electron chi connectivity index (χ4n) is 4.06. The number of allylic oxidation sites excluding steroid dienone is 3. The monoisotopic (exact) mass is 376 g/mol. The van der Waals surface area contributed by atoms with Gasteiger partial charge in [-0.1, -0.05) is 30.4 Å². The fourth-order valence-corrected chi connectivity index (χ4v) is 4.06. The molecular formula is C23H28N4O. The predicted octanol–water partition coefficient (Wildman–Crippen LogP) is 4.25. The number of hydrogen-bond donors (Lipinski definition) is 2. The Kier molecular flexibility index (Phi) is 5.83. The van der Waals surface area contributed by atoms with Crippen LogP contribution in [0, 0.1) is 5.41 Å². The summed E-state index contributed by atoms with van der Waals surface area (Å²) in [6, 6.07) is 5.99. The Labute approximate surface area is 166 Å². The molecule has 1 aromatic carbocycles. The second-order valence-corrected chi connectivity index (χ2v) is 7.10. The van der Waals surface area contributed by atoms with Gasteiger partial charge in [0.15, 0.2) is 0 Å². The standard InChI is InChI=1S/C23H28N4O/c1-4-7-16(5-2)21-8-6-11-27(21)23(28)20-15-26(3)22-12-17(9-10-19(20)22)18(13-24)14-25/h4-5,7,9-10,12-15,21,24H,6,8,11,25H2,1-3H3/b7-4-,16-5+,18-14+,24-13?. The van der Waals surface area contributed by atoms with Crippen LogP contribution in [0.25, 0.3) is 16.5 Å². The second-order valence-electron chi connectivity index (χ2n) is 7.10. The molecule has 3 N–H and O–H groups in total. The van der Waals surface area contributed by atoms with Crippen LogP contribution in [-0.2, 0) is 7.05 Å². The van der Waals surface area contributed by atoms with Crippen molar-refractivity contribution in [2.45, 2.75) is 32.7 Å². The summed E-state index contributed by atoms with van der Waals surface area (Å²) in [6.07, 6.45) is 12.8. The van der Waals surface area contributed by atoms with Crippen LogP contribution in [0.4, 0.5) is 0 Å². The molecule has 5 heteroatoms. The molecule has 1 fully saturated rings. The first-order valence-corrected chi connectivity index (χ1v) is 9.67. The SMILES string of the molecule is C/C=C\C(=C/C)C1CCCN1C(=O)c1cn(C)c2cc(/C(C=N)=C/N)ccc12. The van der Waals surface area contributed by atoms with Crippen molar-refractivity contribution in [1.29, 1.82) is 5.41 Å².